The number of ketones is 1. The number of nitrogens with one attached hydrogen (secondary N) is 1. The van der Waals surface area contributed by atoms with Crippen LogP contribution < -0.4 is 5.32 Å². The van der Waals surface area contributed by atoms with Crippen LogP contribution in [0.25, 0.3) is 12.2 Å². The number of carbonyl (C=O) groups excluding carboxylic acids is 2. The van der Waals surface area contributed by atoms with Crippen molar-refractivity contribution in [3.8, 4) is 6.07 Å². The zero-order valence-corrected chi connectivity index (χ0v) is 13.9. The van der Waals surface area contributed by atoms with Gasteiger partial charge in [-0.3, -0.25) is 9.59 Å². The van der Waals surface area contributed by atoms with E-state index in [1.807, 2.05) is 48.6 Å². The number of hydrogen-bond donors (Lipinski definition) is 1. The largest absolute Gasteiger partial charge is 0.348 e. The first-order chi connectivity index (χ1) is 12.1. The maximum atomic E-state index is 12.2. The Morgan fingerprint density at radius 1 is 1.04 bits per heavy atom. The molecule has 2 aromatic carbocycles. The Labute approximate surface area is 147 Å². The Kier molecular flexibility index (Phi) is 6.44. The molecule has 0 unspecified atom stereocenters. The first-order valence-corrected chi connectivity index (χ1v) is 7.83. The van der Waals surface area contributed by atoms with Crippen LogP contribution in [0.4, 0.5) is 0 Å². The van der Waals surface area contributed by atoms with Gasteiger partial charge in [0.1, 0.15) is 0 Å². The Bertz CT molecular complexity index is 842. The summed E-state index contributed by atoms with van der Waals surface area (Å²) in [5.41, 5.74) is 2.34. The monoisotopic (exact) mass is 330 g/mol. The maximum Gasteiger partial charge on any atom is 0.255 e. The second-order valence-corrected chi connectivity index (χ2v) is 5.37. The second-order valence-electron chi connectivity index (χ2n) is 5.37. The van der Waals surface area contributed by atoms with E-state index in [1.54, 1.807) is 24.3 Å². The van der Waals surface area contributed by atoms with Crippen molar-refractivity contribution in [3.63, 3.8) is 0 Å². The van der Waals surface area contributed by atoms with Crippen LogP contribution in [0.2, 0.25) is 0 Å². The molecule has 0 fully saturated rings. The molecule has 0 aliphatic carbocycles. The normalized spacial score (nSPS) is 11.1. The lowest BCUT2D eigenvalue weighted by atomic mass is 10.1. The molecule has 25 heavy (non-hydrogen) atoms. The Morgan fingerprint density at radius 3 is 2.32 bits per heavy atom. The van der Waals surface area contributed by atoms with E-state index in [2.05, 4.69) is 5.32 Å². The molecule has 2 aromatic rings. The quantitative estimate of drug-likeness (QED) is 0.501. The number of rotatable bonds is 6. The van der Waals surface area contributed by atoms with Crippen LogP contribution in [-0.2, 0) is 9.59 Å². The zero-order chi connectivity index (χ0) is 18.1. The van der Waals surface area contributed by atoms with Crippen molar-refractivity contribution in [1.29, 1.82) is 5.26 Å². The Morgan fingerprint density at radius 2 is 1.72 bits per heavy atom. The highest BCUT2D eigenvalue weighted by Crippen LogP contribution is 2.10. The number of amides is 1. The minimum Gasteiger partial charge on any atom is -0.348 e. The third-order valence-corrected chi connectivity index (χ3v) is 3.47. The minimum absolute atomic E-state index is 0.0813. The van der Waals surface area contributed by atoms with Crippen molar-refractivity contribution in [3.05, 3.63) is 82.9 Å². The summed E-state index contributed by atoms with van der Waals surface area (Å²) in [6.45, 7) is 1.68. The molecule has 0 bridgehead atoms. The minimum atomic E-state index is -0.422. The first kappa shape index (κ1) is 17.9. The van der Waals surface area contributed by atoms with Crippen LogP contribution >= 0.6 is 0 Å². The highest BCUT2D eigenvalue weighted by atomic mass is 16.2. The summed E-state index contributed by atoms with van der Waals surface area (Å²) in [4.78, 5) is 24.0. The predicted octanol–water partition coefficient (Wildman–Crippen LogP) is 3.36. The van der Waals surface area contributed by atoms with Crippen molar-refractivity contribution in [2.45, 2.75) is 6.92 Å². The molecule has 1 N–H and O–H groups in total. The molecule has 1 amide bonds. The van der Waals surface area contributed by atoms with E-state index in [1.165, 1.54) is 13.0 Å². The number of nitriles is 1. The fraction of sp³-hybridized carbons (Fsp3) is 0.0952. The van der Waals surface area contributed by atoms with E-state index in [-0.39, 0.29) is 11.4 Å². The number of nitrogens with zero attached hydrogens (tertiary/aromatic N) is 1. The topological polar surface area (TPSA) is 70.0 Å². The predicted molar refractivity (Wildman–Crippen MR) is 98.3 cm³/mol. The molecular weight excluding hydrogens is 312 g/mol. The summed E-state index contributed by atoms with van der Waals surface area (Å²) < 4.78 is 0. The lowest BCUT2D eigenvalue weighted by Crippen LogP contribution is -2.27. The highest BCUT2D eigenvalue weighted by Gasteiger charge is 2.13. The molecule has 0 heterocycles. The number of Topliss-reactive ketones (excluding diaryl/α,β-unsaturated/α-hetero) is 1. The zero-order valence-electron chi connectivity index (χ0n) is 13.9. The Balaban J connectivity index is 2.02. The lowest BCUT2D eigenvalue weighted by molar-refractivity contribution is -0.121. The Hall–Kier alpha value is -3.45. The van der Waals surface area contributed by atoms with Gasteiger partial charge in [0.25, 0.3) is 5.91 Å². The molecule has 0 spiro atoms. The molecule has 0 saturated carbocycles. The van der Waals surface area contributed by atoms with Crippen LogP contribution in [0.15, 0.2) is 66.2 Å². The van der Waals surface area contributed by atoms with E-state index in [0.29, 0.717) is 17.7 Å². The van der Waals surface area contributed by atoms with E-state index in [4.69, 9.17) is 5.26 Å². The molecular formula is C21H18N2O2. The van der Waals surface area contributed by atoms with Crippen LogP contribution in [0.3, 0.4) is 0 Å². The number of benzene rings is 2. The van der Waals surface area contributed by atoms with Gasteiger partial charge in [-0.1, -0.05) is 54.6 Å². The van der Waals surface area contributed by atoms with Gasteiger partial charge in [-0.2, -0.15) is 5.26 Å². The van der Waals surface area contributed by atoms with Crippen molar-refractivity contribution in [2.24, 2.45) is 0 Å². The van der Waals surface area contributed by atoms with Crippen molar-refractivity contribution < 1.29 is 9.59 Å². The van der Waals surface area contributed by atoms with Gasteiger partial charge in [0.2, 0.25) is 0 Å². The van der Waals surface area contributed by atoms with E-state index in [9.17, 15) is 9.59 Å². The van der Waals surface area contributed by atoms with Crippen LogP contribution in [0.1, 0.15) is 23.6 Å². The number of carbonyl (C=O) groups is 2. The fourth-order valence-electron chi connectivity index (χ4n) is 2.15. The third-order valence-electron chi connectivity index (χ3n) is 3.47. The van der Waals surface area contributed by atoms with Gasteiger partial charge in [0.15, 0.2) is 5.78 Å². The van der Waals surface area contributed by atoms with Gasteiger partial charge in [0.05, 0.1) is 17.2 Å². The van der Waals surface area contributed by atoms with Gasteiger partial charge in [-0.25, -0.2) is 0 Å². The molecule has 4 heteroatoms. The lowest BCUT2D eigenvalue weighted by Gasteiger charge is -2.05. The molecule has 0 aliphatic rings. The van der Waals surface area contributed by atoms with Crippen molar-refractivity contribution in [2.75, 3.05) is 6.54 Å². The second kappa shape index (κ2) is 8.99. The maximum absolute atomic E-state index is 12.2. The molecule has 4 nitrogen and oxygen atoms in total. The molecule has 2 rings (SSSR count). The van der Waals surface area contributed by atoms with E-state index < -0.39 is 5.91 Å². The SMILES string of the molecule is CC(=O)C(=Cc1ccc(C#N)cc1)C(=O)NCC=Cc1ccccc1. The third kappa shape index (κ3) is 5.60. The van der Waals surface area contributed by atoms with Gasteiger partial charge in [0, 0.05) is 6.54 Å². The molecule has 0 radical (unpaired) electrons. The fourth-order valence-corrected chi connectivity index (χ4v) is 2.15. The van der Waals surface area contributed by atoms with E-state index in [0.717, 1.165) is 5.56 Å². The van der Waals surface area contributed by atoms with Gasteiger partial charge in [-0.05, 0) is 36.3 Å². The van der Waals surface area contributed by atoms with Gasteiger partial charge in [-0.15, -0.1) is 0 Å². The molecule has 0 aromatic heterocycles. The van der Waals surface area contributed by atoms with E-state index >= 15 is 0 Å². The summed E-state index contributed by atoms with van der Waals surface area (Å²) in [6, 6.07) is 18.4. The van der Waals surface area contributed by atoms with Gasteiger partial charge < -0.3 is 5.32 Å². The number of hydrogen-bond acceptors (Lipinski definition) is 3. The van der Waals surface area contributed by atoms with Crippen LogP contribution in [-0.4, -0.2) is 18.2 Å². The average Bonchev–Trinajstić information content (AvgIpc) is 2.64. The van der Waals surface area contributed by atoms with Crippen LogP contribution in [0, 0.1) is 11.3 Å². The summed E-state index contributed by atoms with van der Waals surface area (Å²) in [7, 11) is 0. The highest BCUT2D eigenvalue weighted by molar-refractivity contribution is 6.21. The van der Waals surface area contributed by atoms with Crippen molar-refractivity contribution >= 4 is 23.8 Å². The van der Waals surface area contributed by atoms with Crippen LogP contribution in [0.5, 0.6) is 0 Å². The molecule has 0 aliphatic heterocycles. The smallest absolute Gasteiger partial charge is 0.255 e. The summed E-state index contributed by atoms with van der Waals surface area (Å²) in [5, 5.41) is 11.5. The van der Waals surface area contributed by atoms with Gasteiger partial charge >= 0.3 is 0 Å². The molecule has 0 saturated heterocycles. The average molecular weight is 330 g/mol. The first-order valence-electron chi connectivity index (χ1n) is 7.83. The summed E-state index contributed by atoms with van der Waals surface area (Å²) in [5.74, 6) is -0.733. The standard InChI is InChI=1S/C21H18N2O2/c1-16(24)20(14-18-9-11-19(15-22)12-10-18)21(25)23-13-5-8-17-6-3-2-4-7-17/h2-12,14H,13H2,1H3,(H,23,25). The molecule has 0 atom stereocenters. The molecule has 124 valence electrons. The summed E-state index contributed by atoms with van der Waals surface area (Å²) >= 11 is 0. The van der Waals surface area contributed by atoms with Crippen molar-refractivity contribution in [1.82, 2.24) is 5.32 Å². The summed E-state index contributed by atoms with van der Waals surface area (Å²) in [6.07, 6.45) is 5.25.